The van der Waals surface area contributed by atoms with E-state index in [-0.39, 0.29) is 17.9 Å². The van der Waals surface area contributed by atoms with Crippen molar-refractivity contribution >= 4 is 5.91 Å². The minimum absolute atomic E-state index is 0.106. The van der Waals surface area contributed by atoms with Crippen LogP contribution in [0.4, 0.5) is 0 Å². The molecule has 1 unspecified atom stereocenters. The standard InChI is InChI=1S/C17H24N2O3/c1-21-15-4-2-13(3-5-15)16-12-18-8-9-19(16)17(20)14-6-10-22-11-7-14/h2-5,14,16,18H,6-12H2,1H3. The van der Waals surface area contributed by atoms with E-state index in [0.29, 0.717) is 13.2 Å². The lowest BCUT2D eigenvalue weighted by Gasteiger charge is -2.39. The summed E-state index contributed by atoms with van der Waals surface area (Å²) in [7, 11) is 1.66. The number of amides is 1. The van der Waals surface area contributed by atoms with Gasteiger partial charge in [-0.25, -0.2) is 0 Å². The van der Waals surface area contributed by atoms with Gasteiger partial charge in [-0.15, -0.1) is 0 Å². The molecule has 22 heavy (non-hydrogen) atoms. The number of nitrogens with one attached hydrogen (secondary N) is 1. The molecule has 1 atom stereocenters. The number of benzene rings is 1. The van der Waals surface area contributed by atoms with Crippen LogP contribution < -0.4 is 10.1 Å². The first-order valence-corrected chi connectivity index (χ1v) is 8.02. The highest BCUT2D eigenvalue weighted by Crippen LogP contribution is 2.28. The van der Waals surface area contributed by atoms with Gasteiger partial charge in [0, 0.05) is 38.8 Å². The Labute approximate surface area is 131 Å². The van der Waals surface area contributed by atoms with Crippen LogP contribution >= 0.6 is 0 Å². The molecule has 5 heteroatoms. The van der Waals surface area contributed by atoms with E-state index in [2.05, 4.69) is 17.4 Å². The molecule has 2 aliphatic rings. The number of ether oxygens (including phenoxy) is 2. The lowest BCUT2D eigenvalue weighted by atomic mass is 9.95. The zero-order valence-corrected chi connectivity index (χ0v) is 13.1. The molecule has 0 saturated carbocycles. The van der Waals surface area contributed by atoms with Gasteiger partial charge in [0.2, 0.25) is 5.91 Å². The van der Waals surface area contributed by atoms with Crippen molar-refractivity contribution in [2.75, 3.05) is 40.0 Å². The Balaban J connectivity index is 1.76. The Bertz CT molecular complexity index is 497. The monoisotopic (exact) mass is 304 g/mol. The van der Waals surface area contributed by atoms with Crippen LogP contribution in [-0.4, -0.2) is 50.8 Å². The normalized spacial score (nSPS) is 23.3. The van der Waals surface area contributed by atoms with Crippen LogP contribution in [-0.2, 0) is 9.53 Å². The average molecular weight is 304 g/mol. The molecule has 1 N–H and O–H groups in total. The minimum Gasteiger partial charge on any atom is -0.497 e. The van der Waals surface area contributed by atoms with Crippen molar-refractivity contribution in [2.24, 2.45) is 5.92 Å². The molecule has 1 amide bonds. The maximum atomic E-state index is 12.9. The maximum Gasteiger partial charge on any atom is 0.226 e. The maximum absolute atomic E-state index is 12.9. The van der Waals surface area contributed by atoms with Gasteiger partial charge < -0.3 is 19.7 Å². The second-order valence-electron chi connectivity index (χ2n) is 5.91. The van der Waals surface area contributed by atoms with Gasteiger partial charge in [-0.2, -0.15) is 0 Å². The third-order valence-electron chi connectivity index (χ3n) is 4.60. The SMILES string of the molecule is COc1ccc(C2CNCCN2C(=O)C2CCOCC2)cc1. The second kappa shape index (κ2) is 7.11. The van der Waals surface area contributed by atoms with E-state index in [1.165, 1.54) is 0 Å². The highest BCUT2D eigenvalue weighted by Gasteiger charge is 2.33. The molecule has 120 valence electrons. The molecule has 2 saturated heterocycles. The van der Waals surface area contributed by atoms with E-state index < -0.39 is 0 Å². The summed E-state index contributed by atoms with van der Waals surface area (Å²) in [5, 5.41) is 3.40. The molecule has 2 fully saturated rings. The molecule has 2 heterocycles. The number of hydrogen-bond donors (Lipinski definition) is 1. The zero-order chi connectivity index (χ0) is 15.4. The highest BCUT2D eigenvalue weighted by atomic mass is 16.5. The van der Waals surface area contributed by atoms with Gasteiger partial charge in [0.25, 0.3) is 0 Å². The van der Waals surface area contributed by atoms with Crippen LogP contribution in [0.1, 0.15) is 24.4 Å². The average Bonchev–Trinajstić information content (AvgIpc) is 2.62. The molecule has 0 aromatic heterocycles. The summed E-state index contributed by atoms with van der Waals surface area (Å²) in [5.74, 6) is 1.24. The van der Waals surface area contributed by atoms with Gasteiger partial charge in [-0.1, -0.05) is 12.1 Å². The van der Waals surface area contributed by atoms with Crippen molar-refractivity contribution in [3.05, 3.63) is 29.8 Å². The van der Waals surface area contributed by atoms with E-state index in [1.807, 2.05) is 17.0 Å². The van der Waals surface area contributed by atoms with Gasteiger partial charge in [0.05, 0.1) is 13.2 Å². The molecule has 1 aromatic carbocycles. The second-order valence-corrected chi connectivity index (χ2v) is 5.91. The van der Waals surface area contributed by atoms with Crippen molar-refractivity contribution < 1.29 is 14.3 Å². The summed E-state index contributed by atoms with van der Waals surface area (Å²) in [4.78, 5) is 14.9. The smallest absolute Gasteiger partial charge is 0.226 e. The lowest BCUT2D eigenvalue weighted by Crippen LogP contribution is -2.51. The third-order valence-corrected chi connectivity index (χ3v) is 4.60. The van der Waals surface area contributed by atoms with Crippen LogP contribution in [0.15, 0.2) is 24.3 Å². The van der Waals surface area contributed by atoms with Gasteiger partial charge in [-0.05, 0) is 30.5 Å². The summed E-state index contributed by atoms with van der Waals surface area (Å²) in [6.45, 7) is 3.85. The molecule has 5 nitrogen and oxygen atoms in total. The van der Waals surface area contributed by atoms with Crippen molar-refractivity contribution in [3.8, 4) is 5.75 Å². The zero-order valence-electron chi connectivity index (χ0n) is 13.1. The topological polar surface area (TPSA) is 50.8 Å². The van der Waals surface area contributed by atoms with E-state index in [1.54, 1.807) is 7.11 Å². The first-order chi connectivity index (χ1) is 10.8. The van der Waals surface area contributed by atoms with Gasteiger partial charge >= 0.3 is 0 Å². The van der Waals surface area contributed by atoms with Crippen molar-refractivity contribution in [3.63, 3.8) is 0 Å². The van der Waals surface area contributed by atoms with E-state index >= 15 is 0 Å². The van der Waals surface area contributed by atoms with Crippen molar-refractivity contribution in [1.29, 1.82) is 0 Å². The van der Waals surface area contributed by atoms with Crippen LogP contribution in [0.3, 0.4) is 0 Å². The molecular formula is C17H24N2O3. The fourth-order valence-corrected chi connectivity index (χ4v) is 3.27. The highest BCUT2D eigenvalue weighted by molar-refractivity contribution is 5.79. The van der Waals surface area contributed by atoms with E-state index in [9.17, 15) is 4.79 Å². The van der Waals surface area contributed by atoms with Crippen LogP contribution in [0, 0.1) is 5.92 Å². The summed E-state index contributed by atoms with van der Waals surface area (Å²) in [5.41, 5.74) is 1.16. The van der Waals surface area contributed by atoms with Crippen LogP contribution in [0.5, 0.6) is 5.75 Å². The fourth-order valence-electron chi connectivity index (χ4n) is 3.27. The number of methoxy groups -OCH3 is 1. The van der Waals surface area contributed by atoms with Crippen molar-refractivity contribution in [2.45, 2.75) is 18.9 Å². The predicted octanol–water partition coefficient (Wildman–Crippen LogP) is 1.59. The largest absolute Gasteiger partial charge is 0.497 e. The summed E-state index contributed by atoms with van der Waals surface area (Å²) >= 11 is 0. The number of carbonyl (C=O) groups excluding carboxylic acids is 1. The Morgan fingerprint density at radius 2 is 2.00 bits per heavy atom. The minimum atomic E-state index is 0.106. The molecule has 0 spiro atoms. The molecular weight excluding hydrogens is 280 g/mol. The first-order valence-electron chi connectivity index (χ1n) is 8.02. The summed E-state index contributed by atoms with van der Waals surface area (Å²) in [6.07, 6.45) is 1.69. The molecule has 1 aromatic rings. The number of rotatable bonds is 3. The van der Waals surface area contributed by atoms with Crippen LogP contribution in [0.25, 0.3) is 0 Å². The number of nitrogens with zero attached hydrogens (tertiary/aromatic N) is 1. The Hall–Kier alpha value is -1.59. The van der Waals surface area contributed by atoms with Crippen molar-refractivity contribution in [1.82, 2.24) is 10.2 Å². The summed E-state index contributed by atoms with van der Waals surface area (Å²) in [6, 6.07) is 8.14. The number of hydrogen-bond acceptors (Lipinski definition) is 4. The Morgan fingerprint density at radius 3 is 2.68 bits per heavy atom. The molecule has 2 aliphatic heterocycles. The molecule has 0 bridgehead atoms. The first kappa shape index (κ1) is 15.3. The Kier molecular flexibility index (Phi) is 4.95. The quantitative estimate of drug-likeness (QED) is 0.921. The summed E-state index contributed by atoms with van der Waals surface area (Å²) < 4.78 is 10.6. The van der Waals surface area contributed by atoms with Gasteiger partial charge in [0.15, 0.2) is 0 Å². The lowest BCUT2D eigenvalue weighted by molar-refractivity contribution is -0.142. The number of piperazine rings is 1. The molecule has 0 radical (unpaired) electrons. The van der Waals surface area contributed by atoms with E-state index in [4.69, 9.17) is 9.47 Å². The van der Waals surface area contributed by atoms with Gasteiger partial charge in [-0.3, -0.25) is 4.79 Å². The van der Waals surface area contributed by atoms with E-state index in [0.717, 1.165) is 43.8 Å². The van der Waals surface area contributed by atoms with Crippen LogP contribution in [0.2, 0.25) is 0 Å². The third kappa shape index (κ3) is 3.25. The fraction of sp³-hybridized carbons (Fsp3) is 0.588. The van der Waals surface area contributed by atoms with Gasteiger partial charge in [0.1, 0.15) is 5.75 Å². The molecule has 3 rings (SSSR count). The number of carbonyl (C=O) groups is 1. The predicted molar refractivity (Wildman–Crippen MR) is 83.9 cm³/mol. The molecule has 0 aliphatic carbocycles. The Morgan fingerprint density at radius 1 is 1.27 bits per heavy atom.